The molecule has 0 aliphatic heterocycles. The Morgan fingerprint density at radius 2 is 1.80 bits per heavy atom. The highest BCUT2D eigenvalue weighted by Gasteiger charge is 2.18. The second kappa shape index (κ2) is 8.46. The molecule has 30 heavy (non-hydrogen) atoms. The van der Waals surface area contributed by atoms with Gasteiger partial charge in [0, 0.05) is 18.9 Å². The zero-order valence-corrected chi connectivity index (χ0v) is 17.0. The minimum absolute atomic E-state index is 0.223. The molecule has 2 aromatic carbocycles. The Kier molecular flexibility index (Phi) is 5.58. The minimum atomic E-state index is -0.319. The average Bonchev–Trinajstić information content (AvgIpc) is 3.31. The maximum absolute atomic E-state index is 13.1. The van der Waals surface area contributed by atoms with Crippen molar-refractivity contribution in [1.29, 1.82) is 0 Å². The van der Waals surface area contributed by atoms with Crippen molar-refractivity contribution in [2.24, 2.45) is 0 Å². The largest absolute Gasteiger partial charge is 0.347 e. The molecule has 0 saturated carbocycles. The van der Waals surface area contributed by atoms with Gasteiger partial charge in [-0.1, -0.05) is 53.8 Å². The molecule has 1 N–H and O–H groups in total. The fraction of sp³-hybridized carbons (Fsp3) is 0.136. The number of carbonyl (C=O) groups is 1. The standard InChI is InChI=1S/C22H19FN4O2S/c1-15-19(20(28)24-13-16-5-3-2-4-6-16)30-21(25-15)27-12-11-26(22(27)29)14-17-7-9-18(23)10-8-17/h2-12H,13-14H2,1H3,(H,24,28). The number of aromatic nitrogens is 3. The molecule has 0 bridgehead atoms. The van der Waals surface area contributed by atoms with Gasteiger partial charge in [0.2, 0.25) is 0 Å². The van der Waals surface area contributed by atoms with E-state index in [4.69, 9.17) is 0 Å². The van der Waals surface area contributed by atoms with E-state index in [1.165, 1.54) is 32.6 Å². The van der Waals surface area contributed by atoms with Crippen LogP contribution in [0.15, 0.2) is 71.8 Å². The number of rotatable bonds is 6. The van der Waals surface area contributed by atoms with Gasteiger partial charge in [0.15, 0.2) is 5.13 Å². The highest BCUT2D eigenvalue weighted by Crippen LogP contribution is 2.21. The molecule has 0 radical (unpaired) electrons. The number of thiazole rings is 1. The Labute approximate surface area is 176 Å². The van der Waals surface area contributed by atoms with Gasteiger partial charge in [0.25, 0.3) is 5.91 Å². The van der Waals surface area contributed by atoms with Crippen molar-refractivity contribution in [3.05, 3.63) is 105 Å². The first kappa shape index (κ1) is 19.8. The molecule has 152 valence electrons. The first-order chi connectivity index (χ1) is 14.5. The zero-order valence-electron chi connectivity index (χ0n) is 16.2. The number of imidazole rings is 1. The zero-order chi connectivity index (χ0) is 21.1. The van der Waals surface area contributed by atoms with E-state index in [9.17, 15) is 14.0 Å². The molecular weight excluding hydrogens is 403 g/mol. The molecule has 0 fully saturated rings. The van der Waals surface area contributed by atoms with Crippen LogP contribution in [-0.2, 0) is 13.1 Å². The predicted molar refractivity (Wildman–Crippen MR) is 114 cm³/mol. The summed E-state index contributed by atoms with van der Waals surface area (Å²) in [4.78, 5) is 30.2. The Hall–Kier alpha value is -3.52. The molecule has 0 aliphatic rings. The number of benzene rings is 2. The van der Waals surface area contributed by atoms with Gasteiger partial charge in [-0.15, -0.1) is 0 Å². The lowest BCUT2D eigenvalue weighted by atomic mass is 10.2. The number of hydrogen-bond donors (Lipinski definition) is 1. The summed E-state index contributed by atoms with van der Waals surface area (Å²) in [5.41, 5.74) is 2.11. The number of hydrogen-bond acceptors (Lipinski definition) is 4. The van der Waals surface area contributed by atoms with Crippen LogP contribution in [0.25, 0.3) is 5.13 Å². The molecule has 0 unspecified atom stereocenters. The molecule has 2 aromatic heterocycles. The van der Waals surface area contributed by atoms with Crippen molar-refractivity contribution < 1.29 is 9.18 Å². The van der Waals surface area contributed by atoms with Gasteiger partial charge < -0.3 is 5.32 Å². The Bertz CT molecular complexity index is 1230. The lowest BCUT2D eigenvalue weighted by Crippen LogP contribution is -2.23. The number of halogens is 1. The van der Waals surface area contributed by atoms with E-state index in [0.29, 0.717) is 28.8 Å². The lowest BCUT2D eigenvalue weighted by Gasteiger charge is -2.03. The maximum atomic E-state index is 13.1. The van der Waals surface area contributed by atoms with Crippen molar-refractivity contribution in [1.82, 2.24) is 19.4 Å². The normalized spacial score (nSPS) is 10.9. The molecule has 0 aliphatic carbocycles. The van der Waals surface area contributed by atoms with Crippen LogP contribution in [0.1, 0.15) is 26.5 Å². The molecule has 4 aromatic rings. The predicted octanol–water partition coefficient (Wildman–Crippen LogP) is 3.52. The second-order valence-electron chi connectivity index (χ2n) is 6.78. The number of nitrogens with one attached hydrogen (secondary N) is 1. The monoisotopic (exact) mass is 422 g/mol. The first-order valence-electron chi connectivity index (χ1n) is 9.33. The van der Waals surface area contributed by atoms with E-state index >= 15 is 0 Å². The van der Waals surface area contributed by atoms with Crippen LogP contribution >= 0.6 is 11.3 Å². The van der Waals surface area contributed by atoms with Crippen molar-refractivity contribution in [2.75, 3.05) is 0 Å². The van der Waals surface area contributed by atoms with Crippen molar-refractivity contribution in [2.45, 2.75) is 20.0 Å². The molecular formula is C22H19FN4O2S. The molecule has 4 rings (SSSR count). The van der Waals surface area contributed by atoms with E-state index in [2.05, 4.69) is 10.3 Å². The number of amides is 1. The van der Waals surface area contributed by atoms with Gasteiger partial charge in [0.1, 0.15) is 10.7 Å². The molecule has 0 atom stereocenters. The van der Waals surface area contributed by atoms with Crippen molar-refractivity contribution in [3.8, 4) is 5.13 Å². The van der Waals surface area contributed by atoms with Crippen LogP contribution in [0.3, 0.4) is 0 Å². The van der Waals surface area contributed by atoms with Crippen LogP contribution < -0.4 is 11.0 Å². The Balaban J connectivity index is 1.51. The van der Waals surface area contributed by atoms with E-state index in [-0.39, 0.29) is 17.4 Å². The third kappa shape index (κ3) is 4.23. The average molecular weight is 422 g/mol. The fourth-order valence-electron chi connectivity index (χ4n) is 3.02. The van der Waals surface area contributed by atoms with Gasteiger partial charge in [-0.2, -0.15) is 0 Å². The summed E-state index contributed by atoms with van der Waals surface area (Å²) in [5, 5.41) is 3.32. The van der Waals surface area contributed by atoms with Crippen LogP contribution in [0.4, 0.5) is 4.39 Å². The summed E-state index contributed by atoms with van der Waals surface area (Å²) in [7, 11) is 0. The molecule has 1 amide bonds. The van der Waals surface area contributed by atoms with Crippen LogP contribution in [0.5, 0.6) is 0 Å². The number of carbonyl (C=O) groups excluding carboxylic acids is 1. The highest BCUT2D eigenvalue weighted by molar-refractivity contribution is 7.16. The molecule has 8 heteroatoms. The summed E-state index contributed by atoms with van der Waals surface area (Å²) in [6.45, 7) is 2.49. The van der Waals surface area contributed by atoms with Gasteiger partial charge in [-0.3, -0.25) is 9.36 Å². The molecule has 0 spiro atoms. The fourth-order valence-corrected chi connectivity index (χ4v) is 3.98. The molecule has 2 heterocycles. The summed E-state index contributed by atoms with van der Waals surface area (Å²) in [5.74, 6) is -0.543. The van der Waals surface area contributed by atoms with Crippen molar-refractivity contribution in [3.63, 3.8) is 0 Å². The van der Waals surface area contributed by atoms with Gasteiger partial charge in [-0.25, -0.2) is 18.7 Å². The summed E-state index contributed by atoms with van der Waals surface area (Å²) in [6.07, 6.45) is 3.27. The highest BCUT2D eigenvalue weighted by atomic mass is 32.1. The first-order valence-corrected chi connectivity index (χ1v) is 10.1. The third-order valence-corrected chi connectivity index (χ3v) is 5.76. The van der Waals surface area contributed by atoms with Crippen LogP contribution in [0.2, 0.25) is 0 Å². The SMILES string of the molecule is Cc1nc(-n2ccn(Cc3ccc(F)cc3)c2=O)sc1C(=O)NCc1ccccc1. The Morgan fingerprint density at radius 3 is 2.53 bits per heavy atom. The summed E-state index contributed by atoms with van der Waals surface area (Å²) >= 11 is 1.17. The molecule has 6 nitrogen and oxygen atoms in total. The van der Waals surface area contributed by atoms with E-state index < -0.39 is 0 Å². The van der Waals surface area contributed by atoms with Crippen LogP contribution in [0, 0.1) is 12.7 Å². The lowest BCUT2D eigenvalue weighted by molar-refractivity contribution is 0.0954. The van der Waals surface area contributed by atoms with Gasteiger partial charge in [-0.05, 0) is 30.2 Å². The van der Waals surface area contributed by atoms with E-state index in [1.807, 2.05) is 30.3 Å². The summed E-state index contributed by atoms with van der Waals surface area (Å²) < 4.78 is 16.0. The van der Waals surface area contributed by atoms with Crippen molar-refractivity contribution >= 4 is 17.2 Å². The topological polar surface area (TPSA) is 68.9 Å². The van der Waals surface area contributed by atoms with Gasteiger partial charge >= 0.3 is 5.69 Å². The quantitative estimate of drug-likeness (QED) is 0.517. The maximum Gasteiger partial charge on any atom is 0.334 e. The molecule has 0 saturated heterocycles. The Morgan fingerprint density at radius 1 is 1.07 bits per heavy atom. The number of aryl methyl sites for hydroxylation is 1. The number of nitrogens with zero attached hydrogens (tertiary/aromatic N) is 3. The summed E-state index contributed by atoms with van der Waals surface area (Å²) in [6, 6.07) is 15.6. The third-order valence-electron chi connectivity index (χ3n) is 4.61. The van der Waals surface area contributed by atoms with Crippen LogP contribution in [-0.4, -0.2) is 20.0 Å². The van der Waals surface area contributed by atoms with E-state index in [0.717, 1.165) is 11.1 Å². The smallest absolute Gasteiger partial charge is 0.334 e. The minimum Gasteiger partial charge on any atom is -0.347 e. The van der Waals surface area contributed by atoms with E-state index in [1.54, 1.807) is 31.5 Å². The second-order valence-corrected chi connectivity index (χ2v) is 7.76. The van der Waals surface area contributed by atoms with Gasteiger partial charge in [0.05, 0.1) is 12.2 Å².